The number of H-pyrrole nitrogens is 1. The minimum atomic E-state index is 0.00357. The number of piperazine rings is 1. The largest absolute Gasteiger partial charge is 0.334 e. The van der Waals surface area contributed by atoms with E-state index in [1.165, 1.54) is 11.5 Å². The van der Waals surface area contributed by atoms with Gasteiger partial charge in [-0.3, -0.25) is 14.8 Å². The van der Waals surface area contributed by atoms with Crippen LogP contribution in [0.25, 0.3) is 0 Å². The van der Waals surface area contributed by atoms with Crippen LogP contribution in [0.5, 0.6) is 0 Å². The number of amides is 1. The lowest BCUT2D eigenvalue weighted by atomic mass is 10.1. The first-order chi connectivity index (χ1) is 11.4. The van der Waals surface area contributed by atoms with Gasteiger partial charge in [0, 0.05) is 37.3 Å². The van der Waals surface area contributed by atoms with Gasteiger partial charge in [0.15, 0.2) is 0 Å². The van der Waals surface area contributed by atoms with Crippen LogP contribution in [-0.2, 0) is 6.54 Å². The summed E-state index contributed by atoms with van der Waals surface area (Å²) in [5.74, 6) is 1.29. The lowest BCUT2D eigenvalue weighted by molar-refractivity contribution is 0.0490. The summed E-state index contributed by atoms with van der Waals surface area (Å²) in [6, 6.07) is 2.09. The van der Waals surface area contributed by atoms with E-state index in [0.29, 0.717) is 24.7 Å². The van der Waals surface area contributed by atoms with Crippen LogP contribution in [0.2, 0.25) is 0 Å². The molecule has 0 bridgehead atoms. The van der Waals surface area contributed by atoms with Crippen molar-refractivity contribution in [1.82, 2.24) is 29.4 Å². The van der Waals surface area contributed by atoms with E-state index in [4.69, 9.17) is 0 Å². The highest BCUT2D eigenvalue weighted by atomic mass is 32.1. The maximum Gasteiger partial charge on any atom is 0.274 e. The quantitative estimate of drug-likeness (QED) is 0.915. The zero-order valence-corrected chi connectivity index (χ0v) is 15.4. The van der Waals surface area contributed by atoms with E-state index in [1.54, 1.807) is 6.07 Å². The van der Waals surface area contributed by atoms with Crippen molar-refractivity contribution in [2.75, 3.05) is 19.6 Å². The Morgan fingerprint density at radius 1 is 1.46 bits per heavy atom. The maximum atomic E-state index is 12.5. The topological polar surface area (TPSA) is 78.0 Å². The summed E-state index contributed by atoms with van der Waals surface area (Å²) in [7, 11) is 0. The van der Waals surface area contributed by atoms with Crippen molar-refractivity contribution in [2.24, 2.45) is 0 Å². The van der Waals surface area contributed by atoms with Crippen LogP contribution in [-0.4, -0.2) is 60.9 Å². The lowest BCUT2D eigenvalue weighted by Gasteiger charge is -2.39. The first kappa shape index (κ1) is 17.0. The Kier molecular flexibility index (Phi) is 4.96. The average Bonchev–Trinajstić information content (AvgIpc) is 3.18. The number of aromatic nitrogens is 4. The molecule has 1 amide bonds. The van der Waals surface area contributed by atoms with Crippen LogP contribution in [0, 0.1) is 6.92 Å². The molecule has 3 heterocycles. The third-order valence-corrected chi connectivity index (χ3v) is 5.03. The Morgan fingerprint density at radius 2 is 2.25 bits per heavy atom. The molecule has 0 radical (unpaired) electrons. The van der Waals surface area contributed by atoms with Crippen molar-refractivity contribution in [1.29, 1.82) is 0 Å². The number of hydrogen-bond donors (Lipinski definition) is 1. The van der Waals surface area contributed by atoms with E-state index in [-0.39, 0.29) is 11.9 Å². The smallest absolute Gasteiger partial charge is 0.274 e. The Hall–Kier alpha value is -1.80. The monoisotopic (exact) mass is 348 g/mol. The molecule has 2 aromatic heterocycles. The summed E-state index contributed by atoms with van der Waals surface area (Å²) in [6.45, 7) is 11.3. The summed E-state index contributed by atoms with van der Waals surface area (Å²) in [5.41, 5.74) is 1.40. The number of rotatable bonds is 4. The van der Waals surface area contributed by atoms with Crippen LogP contribution >= 0.6 is 11.5 Å². The summed E-state index contributed by atoms with van der Waals surface area (Å²) in [4.78, 5) is 21.4. The van der Waals surface area contributed by atoms with Gasteiger partial charge in [0.1, 0.15) is 16.5 Å². The van der Waals surface area contributed by atoms with Crippen molar-refractivity contribution in [3.8, 4) is 0 Å². The van der Waals surface area contributed by atoms with Crippen molar-refractivity contribution < 1.29 is 4.79 Å². The normalized spacial score (nSPS) is 19.2. The van der Waals surface area contributed by atoms with E-state index >= 15 is 0 Å². The van der Waals surface area contributed by atoms with Crippen LogP contribution in [0.4, 0.5) is 0 Å². The fraction of sp³-hybridized carbons (Fsp3) is 0.625. The molecule has 0 saturated carbocycles. The molecule has 0 aliphatic carbocycles. The Balaban J connectivity index is 1.59. The molecule has 1 saturated heterocycles. The fourth-order valence-corrected chi connectivity index (χ4v) is 3.65. The Morgan fingerprint density at radius 3 is 2.83 bits per heavy atom. The van der Waals surface area contributed by atoms with Crippen molar-refractivity contribution in [3.63, 3.8) is 0 Å². The number of carbonyl (C=O) groups excluding carboxylic acids is 1. The second kappa shape index (κ2) is 6.98. The summed E-state index contributed by atoms with van der Waals surface area (Å²) < 4.78 is 4.42. The molecule has 7 nitrogen and oxygen atoms in total. The standard InChI is InChI=1S/C16H24N6OS/c1-10(2)15-17-14(24-20-15)9-21-5-6-22(8-12(21)4)16(23)13-7-11(3)18-19-13/h7,10,12H,5-6,8-9H2,1-4H3,(H,18,19)/t12-/m1/s1. The third kappa shape index (κ3) is 3.64. The molecule has 3 rings (SSSR count). The predicted molar refractivity (Wildman–Crippen MR) is 93.1 cm³/mol. The molecule has 0 spiro atoms. The number of nitrogens with zero attached hydrogens (tertiary/aromatic N) is 5. The SMILES string of the molecule is Cc1cc(C(=O)N2CCN(Cc3nc(C(C)C)ns3)[C@H](C)C2)n[nH]1. The van der Waals surface area contributed by atoms with Crippen LogP contribution in [0.3, 0.4) is 0 Å². The highest BCUT2D eigenvalue weighted by Gasteiger charge is 2.29. The third-order valence-electron chi connectivity index (χ3n) is 4.32. The molecule has 130 valence electrons. The number of carbonyl (C=O) groups is 1. The van der Waals surface area contributed by atoms with Crippen molar-refractivity contribution >= 4 is 17.4 Å². The van der Waals surface area contributed by atoms with Crippen molar-refractivity contribution in [3.05, 3.63) is 28.3 Å². The van der Waals surface area contributed by atoms with Gasteiger partial charge in [-0.1, -0.05) is 13.8 Å². The highest BCUT2D eigenvalue weighted by Crippen LogP contribution is 2.19. The molecule has 1 atom stereocenters. The summed E-state index contributed by atoms with van der Waals surface area (Å²) in [5, 5.41) is 7.96. The lowest BCUT2D eigenvalue weighted by Crippen LogP contribution is -2.53. The zero-order valence-electron chi connectivity index (χ0n) is 14.6. The molecular formula is C16H24N6OS. The van der Waals surface area contributed by atoms with E-state index in [9.17, 15) is 4.79 Å². The molecule has 0 unspecified atom stereocenters. The van der Waals surface area contributed by atoms with Gasteiger partial charge in [-0.15, -0.1) is 0 Å². The molecule has 1 fully saturated rings. The van der Waals surface area contributed by atoms with Crippen LogP contribution < -0.4 is 0 Å². The van der Waals surface area contributed by atoms with Gasteiger partial charge in [0.05, 0.1) is 6.54 Å². The second-order valence-electron chi connectivity index (χ2n) is 6.71. The van der Waals surface area contributed by atoms with Gasteiger partial charge >= 0.3 is 0 Å². The van der Waals surface area contributed by atoms with Gasteiger partial charge < -0.3 is 4.90 Å². The molecule has 1 N–H and O–H groups in total. The average molecular weight is 348 g/mol. The highest BCUT2D eigenvalue weighted by molar-refractivity contribution is 7.05. The van der Waals surface area contributed by atoms with Gasteiger partial charge in [0.25, 0.3) is 5.91 Å². The van der Waals surface area contributed by atoms with E-state index in [1.807, 2.05) is 11.8 Å². The first-order valence-corrected chi connectivity index (χ1v) is 9.09. The molecule has 1 aliphatic rings. The Bertz CT molecular complexity index is 709. The minimum absolute atomic E-state index is 0.00357. The molecular weight excluding hydrogens is 324 g/mol. The minimum Gasteiger partial charge on any atom is -0.334 e. The maximum absolute atomic E-state index is 12.5. The van der Waals surface area contributed by atoms with E-state index in [2.05, 4.69) is 45.2 Å². The van der Waals surface area contributed by atoms with Crippen LogP contribution in [0.1, 0.15) is 53.7 Å². The number of nitrogens with one attached hydrogen (secondary N) is 1. The second-order valence-corrected chi connectivity index (χ2v) is 7.54. The number of hydrogen-bond acceptors (Lipinski definition) is 6. The molecule has 8 heteroatoms. The summed E-state index contributed by atoms with van der Waals surface area (Å²) >= 11 is 1.48. The van der Waals surface area contributed by atoms with Gasteiger partial charge in [0.2, 0.25) is 0 Å². The molecule has 0 aromatic carbocycles. The molecule has 1 aliphatic heterocycles. The van der Waals surface area contributed by atoms with E-state index in [0.717, 1.165) is 29.6 Å². The number of aromatic amines is 1. The molecule has 24 heavy (non-hydrogen) atoms. The Labute approximate surface area is 146 Å². The predicted octanol–water partition coefficient (Wildman–Crippen LogP) is 2.04. The van der Waals surface area contributed by atoms with Crippen molar-refractivity contribution in [2.45, 2.75) is 46.2 Å². The number of aryl methyl sites for hydroxylation is 1. The van der Waals surface area contributed by atoms with E-state index < -0.39 is 0 Å². The van der Waals surface area contributed by atoms with Crippen LogP contribution in [0.15, 0.2) is 6.07 Å². The van der Waals surface area contributed by atoms with Gasteiger partial charge in [-0.2, -0.15) is 9.47 Å². The molecule has 2 aromatic rings. The zero-order chi connectivity index (χ0) is 17.3. The van der Waals surface area contributed by atoms with Gasteiger partial charge in [-0.05, 0) is 31.4 Å². The van der Waals surface area contributed by atoms with Gasteiger partial charge in [-0.25, -0.2) is 4.98 Å². The first-order valence-electron chi connectivity index (χ1n) is 8.32. The summed E-state index contributed by atoms with van der Waals surface area (Å²) in [6.07, 6.45) is 0. The fourth-order valence-electron chi connectivity index (χ4n) is 2.84.